The van der Waals surface area contributed by atoms with Crippen LogP contribution in [0.4, 0.5) is 4.79 Å². The van der Waals surface area contributed by atoms with Crippen LogP contribution in [-0.2, 0) is 17.7 Å². The average Bonchev–Trinajstić information content (AvgIpc) is 3.00. The zero-order valence-electron chi connectivity index (χ0n) is 13.8. The number of carbonyl (C=O) groups excluding carboxylic acids is 2. The predicted octanol–water partition coefficient (Wildman–Crippen LogP) is 0.702. The van der Waals surface area contributed by atoms with E-state index in [1.807, 2.05) is 0 Å². The Kier molecular flexibility index (Phi) is 3.87. The van der Waals surface area contributed by atoms with Gasteiger partial charge < -0.3 is 15.4 Å². The van der Waals surface area contributed by atoms with E-state index in [9.17, 15) is 9.59 Å². The Hall–Kier alpha value is -2.90. The molecule has 8 heteroatoms. The molecule has 25 heavy (non-hydrogen) atoms. The third-order valence-electron chi connectivity index (χ3n) is 4.90. The molecule has 0 saturated heterocycles. The Morgan fingerprint density at radius 1 is 1.36 bits per heavy atom. The van der Waals surface area contributed by atoms with Crippen LogP contribution in [0.25, 0.3) is 0 Å². The van der Waals surface area contributed by atoms with Gasteiger partial charge in [-0.1, -0.05) is 29.5 Å². The van der Waals surface area contributed by atoms with Crippen LogP contribution >= 0.6 is 0 Å². The molecule has 0 bridgehead atoms. The fourth-order valence-corrected chi connectivity index (χ4v) is 3.64. The molecule has 2 aromatic rings. The highest BCUT2D eigenvalue weighted by molar-refractivity contribution is 5.86. The first-order chi connectivity index (χ1) is 12.2. The van der Waals surface area contributed by atoms with Crippen LogP contribution in [0, 0.1) is 5.92 Å². The molecule has 2 aliphatic rings. The number of aromatic nitrogens is 3. The van der Waals surface area contributed by atoms with Gasteiger partial charge in [0.05, 0.1) is 19.9 Å². The van der Waals surface area contributed by atoms with Crippen molar-refractivity contribution in [2.45, 2.75) is 24.9 Å². The van der Waals surface area contributed by atoms with Crippen molar-refractivity contribution in [3.63, 3.8) is 0 Å². The van der Waals surface area contributed by atoms with Gasteiger partial charge in [-0.05, 0) is 23.5 Å². The van der Waals surface area contributed by atoms with Crippen LogP contribution in [0.5, 0.6) is 0 Å². The van der Waals surface area contributed by atoms with Crippen molar-refractivity contribution in [3.8, 4) is 0 Å². The number of methoxy groups -OCH3 is 1. The predicted molar refractivity (Wildman–Crippen MR) is 88.1 cm³/mol. The molecule has 2 N–H and O–H groups in total. The summed E-state index contributed by atoms with van der Waals surface area (Å²) in [6.45, 7) is 0.826. The Labute approximate surface area is 144 Å². The Balaban J connectivity index is 1.22. The minimum atomic E-state index is -0.530. The van der Waals surface area contributed by atoms with Gasteiger partial charge in [0.25, 0.3) is 0 Å². The molecule has 1 heterocycles. The summed E-state index contributed by atoms with van der Waals surface area (Å²) in [6, 6.07) is 8.49. The van der Waals surface area contributed by atoms with E-state index in [2.05, 4.69) is 49.9 Å². The summed E-state index contributed by atoms with van der Waals surface area (Å²) in [6.07, 6.45) is 2.54. The van der Waals surface area contributed by atoms with E-state index in [0.29, 0.717) is 24.9 Å². The zero-order valence-corrected chi connectivity index (χ0v) is 13.8. The van der Waals surface area contributed by atoms with Crippen LogP contribution in [0.3, 0.4) is 0 Å². The maximum atomic E-state index is 12.0. The number of hydrogen-bond acceptors (Lipinski definition) is 5. The first kappa shape index (κ1) is 15.6. The van der Waals surface area contributed by atoms with Crippen LogP contribution in [0.1, 0.15) is 27.5 Å². The van der Waals surface area contributed by atoms with Crippen LogP contribution in [0.2, 0.25) is 0 Å². The molecular weight excluding hydrogens is 322 g/mol. The summed E-state index contributed by atoms with van der Waals surface area (Å²) >= 11 is 0. The Morgan fingerprint density at radius 2 is 2.20 bits per heavy atom. The summed E-state index contributed by atoms with van der Waals surface area (Å²) in [5.41, 5.74) is 2.93. The number of benzene rings is 1. The number of nitrogens with zero attached hydrogens (tertiary/aromatic N) is 3. The molecule has 1 aromatic heterocycles. The van der Waals surface area contributed by atoms with E-state index in [0.717, 1.165) is 6.42 Å². The number of hydrogen-bond donors (Lipinski definition) is 2. The molecule has 0 aliphatic heterocycles. The lowest BCUT2D eigenvalue weighted by molar-refractivity contribution is 0.0594. The lowest BCUT2D eigenvalue weighted by Gasteiger charge is -2.10. The number of ether oxygens (including phenoxy) is 1. The number of carbonyl (C=O) groups is 2. The van der Waals surface area contributed by atoms with E-state index < -0.39 is 5.97 Å². The zero-order chi connectivity index (χ0) is 17.4. The largest absolute Gasteiger partial charge is 0.464 e. The molecule has 2 aliphatic carbocycles. The monoisotopic (exact) mass is 341 g/mol. The van der Waals surface area contributed by atoms with Crippen molar-refractivity contribution < 1.29 is 14.3 Å². The van der Waals surface area contributed by atoms with Crippen molar-refractivity contribution in [2.24, 2.45) is 5.92 Å². The smallest absolute Gasteiger partial charge is 0.360 e. The number of rotatable bonds is 5. The molecule has 130 valence electrons. The number of urea groups is 1. The number of fused-ring (bicyclic) bond motifs is 3. The van der Waals surface area contributed by atoms with Crippen molar-refractivity contribution in [1.29, 1.82) is 0 Å². The van der Waals surface area contributed by atoms with E-state index in [4.69, 9.17) is 0 Å². The molecule has 2 amide bonds. The number of amides is 2. The van der Waals surface area contributed by atoms with Gasteiger partial charge in [0.15, 0.2) is 5.69 Å². The van der Waals surface area contributed by atoms with Gasteiger partial charge >= 0.3 is 12.0 Å². The van der Waals surface area contributed by atoms with E-state index in [-0.39, 0.29) is 17.8 Å². The topological polar surface area (TPSA) is 98.1 Å². The highest BCUT2D eigenvalue weighted by Gasteiger charge is 2.56. The SMILES string of the molecule is COC(=O)c1cn(CCNC(=O)N[C@@H]2[C@@H]3Cc4ccccc4[C@@H]32)nn1. The van der Waals surface area contributed by atoms with E-state index in [1.54, 1.807) is 0 Å². The Morgan fingerprint density at radius 3 is 3.04 bits per heavy atom. The minimum absolute atomic E-state index is 0.149. The van der Waals surface area contributed by atoms with Gasteiger partial charge in [0.2, 0.25) is 0 Å². The standard InChI is InChI=1S/C17H19N5O3/c1-25-16(23)13-9-22(21-20-13)7-6-18-17(24)19-15-12-8-10-4-2-3-5-11(10)14(12)15/h2-5,9,12,14-15H,6-8H2,1H3,(H2,18,19,24)/t12-,14+,15-/m1/s1. The quantitative estimate of drug-likeness (QED) is 0.780. The van der Waals surface area contributed by atoms with E-state index >= 15 is 0 Å². The molecular formula is C17H19N5O3. The third-order valence-corrected chi connectivity index (χ3v) is 4.90. The third kappa shape index (κ3) is 2.95. The molecule has 8 nitrogen and oxygen atoms in total. The minimum Gasteiger partial charge on any atom is -0.464 e. The second-order valence-corrected chi connectivity index (χ2v) is 6.38. The summed E-state index contributed by atoms with van der Waals surface area (Å²) in [5.74, 6) is 0.457. The second-order valence-electron chi connectivity index (χ2n) is 6.38. The van der Waals surface area contributed by atoms with Crippen molar-refractivity contribution in [1.82, 2.24) is 25.6 Å². The van der Waals surface area contributed by atoms with Gasteiger partial charge in [-0.3, -0.25) is 0 Å². The first-order valence-corrected chi connectivity index (χ1v) is 8.28. The normalized spacial score (nSPS) is 22.7. The lowest BCUT2D eigenvalue weighted by atomic mass is 10.1. The molecule has 1 fully saturated rings. The van der Waals surface area contributed by atoms with E-state index in [1.165, 1.54) is 29.1 Å². The van der Waals surface area contributed by atoms with Gasteiger partial charge in [0.1, 0.15) is 0 Å². The molecule has 4 rings (SSSR count). The van der Waals surface area contributed by atoms with Crippen LogP contribution in [-0.4, -0.2) is 46.7 Å². The number of nitrogens with one attached hydrogen (secondary N) is 2. The van der Waals surface area contributed by atoms with Gasteiger partial charge in [-0.2, -0.15) is 0 Å². The van der Waals surface area contributed by atoms with Crippen molar-refractivity contribution >= 4 is 12.0 Å². The number of esters is 1. The van der Waals surface area contributed by atoms with Crippen molar-refractivity contribution in [2.75, 3.05) is 13.7 Å². The van der Waals surface area contributed by atoms with Crippen molar-refractivity contribution in [3.05, 3.63) is 47.3 Å². The lowest BCUT2D eigenvalue weighted by Crippen LogP contribution is -2.39. The highest BCUT2D eigenvalue weighted by atomic mass is 16.5. The molecule has 0 radical (unpaired) electrons. The average molecular weight is 341 g/mol. The molecule has 0 unspecified atom stereocenters. The Bertz CT molecular complexity index is 818. The summed E-state index contributed by atoms with van der Waals surface area (Å²) < 4.78 is 6.06. The molecule has 1 aromatic carbocycles. The van der Waals surface area contributed by atoms with Crippen LogP contribution in [0.15, 0.2) is 30.5 Å². The molecule has 0 spiro atoms. The summed E-state index contributed by atoms with van der Waals surface area (Å²) in [4.78, 5) is 23.3. The van der Waals surface area contributed by atoms with Gasteiger partial charge in [-0.15, -0.1) is 5.10 Å². The van der Waals surface area contributed by atoms with Gasteiger partial charge in [-0.25, -0.2) is 14.3 Å². The second kappa shape index (κ2) is 6.19. The first-order valence-electron chi connectivity index (χ1n) is 8.28. The summed E-state index contributed by atoms with van der Waals surface area (Å²) in [5, 5.41) is 13.4. The molecule has 3 atom stereocenters. The summed E-state index contributed by atoms with van der Waals surface area (Å²) in [7, 11) is 1.29. The van der Waals surface area contributed by atoms with Crippen LogP contribution < -0.4 is 10.6 Å². The fraction of sp³-hybridized carbons (Fsp3) is 0.412. The maximum Gasteiger partial charge on any atom is 0.360 e. The molecule has 1 saturated carbocycles. The van der Waals surface area contributed by atoms with Gasteiger partial charge in [0, 0.05) is 18.5 Å². The fourth-order valence-electron chi connectivity index (χ4n) is 3.64. The highest BCUT2D eigenvalue weighted by Crippen LogP contribution is 2.56. The maximum absolute atomic E-state index is 12.0.